The summed E-state index contributed by atoms with van der Waals surface area (Å²) in [6.45, 7) is -0.0265. The number of nitrogens with one attached hydrogen (secondary N) is 1. The van der Waals surface area contributed by atoms with Crippen LogP contribution in [0.2, 0.25) is 0 Å². The maximum Gasteiger partial charge on any atom is 0.311 e. The fraction of sp³-hybridized carbons (Fsp3) is 0.324. The van der Waals surface area contributed by atoms with Crippen LogP contribution in [0.5, 0.6) is 11.5 Å². The number of allylic oxidation sites excluding steroid dienone is 2. The van der Waals surface area contributed by atoms with Crippen molar-refractivity contribution in [1.82, 2.24) is 0 Å². The van der Waals surface area contributed by atoms with Crippen LogP contribution in [0.15, 0.2) is 97.1 Å². The van der Waals surface area contributed by atoms with Crippen LogP contribution in [0.1, 0.15) is 42.5 Å². The summed E-state index contributed by atoms with van der Waals surface area (Å²) in [6, 6.07) is 24.6. The van der Waals surface area contributed by atoms with Crippen molar-refractivity contribution < 1.29 is 38.8 Å². The number of Topliss-reactive ketones (excluding diaryl/α,β-unsaturated/α-hetero) is 1. The molecule has 1 aliphatic rings. The SMILES string of the molecule is O=C(CCC/C=C\C[C@H]1C(=O)C[C@H](O)[C@H]1OCC(O)COc1ccccc1)Oc1ccc(NC(=O)c2ccccc2)cc1. The first-order valence-corrected chi connectivity index (χ1v) is 14.4. The van der Waals surface area contributed by atoms with Crippen LogP contribution in [0.3, 0.4) is 0 Å². The molecule has 1 unspecified atom stereocenters. The summed E-state index contributed by atoms with van der Waals surface area (Å²) in [5.41, 5.74) is 1.14. The number of rotatable bonds is 15. The molecule has 0 bridgehead atoms. The van der Waals surface area contributed by atoms with E-state index in [2.05, 4.69) is 5.32 Å². The third kappa shape index (κ3) is 10.2. The monoisotopic (exact) mass is 587 g/mol. The first kappa shape index (κ1) is 31.6. The quantitative estimate of drug-likeness (QED) is 0.101. The Hall–Kier alpha value is -4.31. The third-order valence-corrected chi connectivity index (χ3v) is 6.95. The molecule has 9 nitrogen and oxygen atoms in total. The van der Waals surface area contributed by atoms with E-state index in [4.69, 9.17) is 14.2 Å². The Bertz CT molecular complexity index is 1340. The minimum absolute atomic E-state index is 0.0198. The summed E-state index contributed by atoms with van der Waals surface area (Å²) in [6.07, 6.45) is 3.05. The number of carbonyl (C=O) groups is 3. The average Bonchev–Trinajstić information content (AvgIpc) is 3.29. The molecule has 4 atom stereocenters. The van der Waals surface area contributed by atoms with E-state index in [0.29, 0.717) is 42.0 Å². The highest BCUT2D eigenvalue weighted by atomic mass is 16.5. The minimum Gasteiger partial charge on any atom is -0.491 e. The van der Waals surface area contributed by atoms with Crippen LogP contribution in [-0.4, -0.2) is 59.4 Å². The summed E-state index contributed by atoms with van der Waals surface area (Å²) >= 11 is 0. The van der Waals surface area contributed by atoms with E-state index >= 15 is 0 Å². The second-order valence-electron chi connectivity index (χ2n) is 10.3. The number of ketones is 1. The van der Waals surface area contributed by atoms with E-state index in [1.807, 2.05) is 36.4 Å². The fourth-order valence-corrected chi connectivity index (χ4v) is 4.70. The Labute approximate surface area is 251 Å². The van der Waals surface area contributed by atoms with Crippen LogP contribution >= 0.6 is 0 Å². The number of aliphatic hydroxyl groups is 2. The van der Waals surface area contributed by atoms with Crippen molar-refractivity contribution in [1.29, 1.82) is 0 Å². The highest BCUT2D eigenvalue weighted by Crippen LogP contribution is 2.29. The molecule has 9 heteroatoms. The minimum atomic E-state index is -0.919. The number of hydrogen-bond acceptors (Lipinski definition) is 8. The average molecular weight is 588 g/mol. The van der Waals surface area contributed by atoms with Crippen LogP contribution in [0.25, 0.3) is 0 Å². The van der Waals surface area contributed by atoms with Gasteiger partial charge in [-0.15, -0.1) is 0 Å². The Morgan fingerprint density at radius 3 is 2.33 bits per heavy atom. The van der Waals surface area contributed by atoms with Gasteiger partial charge in [-0.1, -0.05) is 48.6 Å². The fourth-order valence-electron chi connectivity index (χ4n) is 4.70. The zero-order chi connectivity index (χ0) is 30.4. The van der Waals surface area contributed by atoms with Crippen LogP contribution in [-0.2, 0) is 14.3 Å². The predicted octanol–water partition coefficient (Wildman–Crippen LogP) is 4.74. The molecule has 0 saturated heterocycles. The van der Waals surface area contributed by atoms with Gasteiger partial charge in [0.25, 0.3) is 5.91 Å². The Balaban J connectivity index is 1.12. The van der Waals surface area contributed by atoms with Gasteiger partial charge in [-0.2, -0.15) is 0 Å². The van der Waals surface area contributed by atoms with Gasteiger partial charge in [0.05, 0.1) is 18.8 Å². The first-order chi connectivity index (χ1) is 20.9. The molecule has 0 spiro atoms. The van der Waals surface area contributed by atoms with Crippen molar-refractivity contribution in [2.24, 2.45) is 5.92 Å². The van der Waals surface area contributed by atoms with Crippen molar-refractivity contribution in [3.8, 4) is 11.5 Å². The highest BCUT2D eigenvalue weighted by Gasteiger charge is 2.41. The van der Waals surface area contributed by atoms with E-state index < -0.39 is 24.2 Å². The van der Waals surface area contributed by atoms with E-state index in [1.165, 1.54) is 0 Å². The normalized spacial score (nSPS) is 18.8. The number of carbonyl (C=O) groups excluding carboxylic acids is 3. The van der Waals surface area contributed by atoms with Crippen molar-refractivity contribution in [3.63, 3.8) is 0 Å². The van der Waals surface area contributed by atoms with Gasteiger partial charge >= 0.3 is 5.97 Å². The van der Waals surface area contributed by atoms with Gasteiger partial charge < -0.3 is 29.7 Å². The summed E-state index contributed by atoms with van der Waals surface area (Å²) in [5, 5.41) is 23.3. The van der Waals surface area contributed by atoms with Gasteiger partial charge in [0.1, 0.15) is 30.0 Å². The number of unbranched alkanes of at least 4 members (excludes halogenated alkanes) is 1. The second kappa shape index (κ2) is 16.4. The molecular weight excluding hydrogens is 550 g/mol. The molecule has 3 aromatic rings. The molecule has 0 heterocycles. The Morgan fingerprint density at radius 1 is 0.907 bits per heavy atom. The molecule has 1 saturated carbocycles. The predicted molar refractivity (Wildman–Crippen MR) is 161 cm³/mol. The van der Waals surface area contributed by atoms with E-state index in [1.54, 1.807) is 60.7 Å². The van der Waals surface area contributed by atoms with Crippen LogP contribution in [0.4, 0.5) is 5.69 Å². The summed E-state index contributed by atoms with van der Waals surface area (Å²) in [7, 11) is 0. The van der Waals surface area contributed by atoms with Gasteiger partial charge in [0.15, 0.2) is 0 Å². The number of benzene rings is 3. The van der Waals surface area contributed by atoms with Crippen molar-refractivity contribution in [3.05, 3.63) is 103 Å². The summed E-state index contributed by atoms with van der Waals surface area (Å²) in [4.78, 5) is 36.9. The number of esters is 1. The summed E-state index contributed by atoms with van der Waals surface area (Å²) in [5.74, 6) is -0.149. The molecule has 43 heavy (non-hydrogen) atoms. The molecule has 0 radical (unpaired) electrons. The smallest absolute Gasteiger partial charge is 0.311 e. The van der Waals surface area contributed by atoms with E-state index in [0.717, 1.165) is 0 Å². The molecule has 3 aromatic carbocycles. The van der Waals surface area contributed by atoms with Crippen LogP contribution < -0.4 is 14.8 Å². The third-order valence-electron chi connectivity index (χ3n) is 6.95. The number of ether oxygens (including phenoxy) is 3. The molecule has 4 rings (SSSR count). The maximum absolute atomic E-state index is 12.4. The van der Waals surface area contributed by atoms with Gasteiger partial charge in [0, 0.05) is 30.0 Å². The van der Waals surface area contributed by atoms with Gasteiger partial charge in [0.2, 0.25) is 0 Å². The van der Waals surface area contributed by atoms with Gasteiger partial charge in [-0.05, 0) is 67.8 Å². The Morgan fingerprint density at radius 2 is 1.60 bits per heavy atom. The number of hydrogen-bond donors (Lipinski definition) is 3. The topological polar surface area (TPSA) is 131 Å². The van der Waals surface area contributed by atoms with Gasteiger partial charge in [-0.3, -0.25) is 14.4 Å². The molecule has 0 aliphatic heterocycles. The van der Waals surface area contributed by atoms with Crippen LogP contribution in [0, 0.1) is 5.92 Å². The molecule has 1 aliphatic carbocycles. The zero-order valence-corrected chi connectivity index (χ0v) is 23.8. The summed E-state index contributed by atoms with van der Waals surface area (Å²) < 4.78 is 16.6. The molecule has 1 amide bonds. The van der Waals surface area contributed by atoms with Gasteiger partial charge in [-0.25, -0.2) is 0 Å². The van der Waals surface area contributed by atoms with E-state index in [-0.39, 0.29) is 43.7 Å². The number of amides is 1. The Kier molecular flexibility index (Phi) is 12.0. The first-order valence-electron chi connectivity index (χ1n) is 14.4. The maximum atomic E-state index is 12.4. The standard InChI is InChI=1S/C34H37NO8/c36-26(22-41-27-13-7-4-8-14-27)23-42-33-29(30(37)21-31(33)38)15-9-1-2-10-16-32(39)43-28-19-17-25(18-20-28)35-34(40)24-11-5-3-6-12-24/h1,3-9,11-14,17-20,26,29,31,33,36,38H,2,10,15-16,21-23H2,(H,35,40)/b9-1-/t26?,29-,31-,33-/m0/s1. The molecule has 1 fully saturated rings. The van der Waals surface area contributed by atoms with Crippen molar-refractivity contribution in [2.45, 2.75) is 50.4 Å². The zero-order valence-electron chi connectivity index (χ0n) is 23.8. The molecule has 226 valence electrons. The van der Waals surface area contributed by atoms with Crippen molar-refractivity contribution >= 4 is 23.3 Å². The second-order valence-corrected chi connectivity index (χ2v) is 10.3. The largest absolute Gasteiger partial charge is 0.491 e. The molecule has 0 aromatic heterocycles. The lowest BCUT2D eigenvalue weighted by Gasteiger charge is -2.22. The lowest BCUT2D eigenvalue weighted by atomic mass is 9.99. The number of anilines is 1. The number of para-hydroxylation sites is 1. The lowest BCUT2D eigenvalue weighted by Crippen LogP contribution is -2.34. The molecule has 3 N–H and O–H groups in total. The highest BCUT2D eigenvalue weighted by molar-refractivity contribution is 6.04. The molecular formula is C34H37NO8. The number of aliphatic hydroxyl groups excluding tert-OH is 2. The van der Waals surface area contributed by atoms with Crippen molar-refractivity contribution in [2.75, 3.05) is 18.5 Å². The lowest BCUT2D eigenvalue weighted by molar-refractivity contribution is -0.134. The van der Waals surface area contributed by atoms with E-state index in [9.17, 15) is 24.6 Å².